The van der Waals surface area contributed by atoms with Crippen LogP contribution in [-0.2, 0) is 36.4 Å². The van der Waals surface area contributed by atoms with Crippen LogP contribution in [0.1, 0.15) is 51.2 Å². The Morgan fingerprint density at radius 3 is 1.77 bits per heavy atom. The molecule has 3 unspecified atom stereocenters. The molecule has 7 nitrogen and oxygen atoms in total. The molecule has 10 heteroatoms. The molecule has 0 aliphatic rings. The molecule has 0 aliphatic heterocycles. The van der Waals surface area contributed by atoms with Crippen LogP contribution < -0.4 is 27.0 Å². The van der Waals surface area contributed by atoms with E-state index < -0.39 is 5.91 Å². The van der Waals surface area contributed by atoms with Crippen LogP contribution in [0.15, 0.2) is 115 Å². The van der Waals surface area contributed by atoms with Crippen molar-refractivity contribution in [3.63, 3.8) is 0 Å². The molecular weight excluding hydrogens is 683 g/mol. The van der Waals surface area contributed by atoms with Gasteiger partial charge in [-0.2, -0.15) is 6.08 Å². The number of nitrogens with two attached hydrogens (primary N) is 1. The minimum absolute atomic E-state index is 0. The Labute approximate surface area is 277 Å². The molecule has 4 rings (SSSR count). The first kappa shape index (κ1) is 38.2. The van der Waals surface area contributed by atoms with Crippen molar-refractivity contribution in [2.24, 2.45) is 5.73 Å². The van der Waals surface area contributed by atoms with Gasteiger partial charge in [0.05, 0.1) is 11.9 Å². The van der Waals surface area contributed by atoms with Gasteiger partial charge < -0.3 is 21.2 Å². The van der Waals surface area contributed by atoms with E-state index in [1.807, 2.05) is 85.0 Å². The molecule has 4 aromatic carbocycles. The summed E-state index contributed by atoms with van der Waals surface area (Å²) in [6, 6.07) is 35.0. The molecule has 232 valence electrons. The van der Waals surface area contributed by atoms with Crippen molar-refractivity contribution >= 4 is 53.2 Å². The predicted molar refractivity (Wildman–Crippen MR) is 179 cm³/mol. The molecule has 4 aromatic rings. The topological polar surface area (TPSA) is 118 Å². The summed E-state index contributed by atoms with van der Waals surface area (Å²) in [7, 11) is 5.08. The molecule has 4 N–H and O–H groups in total. The number of hydrogen-bond acceptors (Lipinski definition) is 4. The Morgan fingerprint density at radius 1 is 0.795 bits per heavy atom. The summed E-state index contributed by atoms with van der Waals surface area (Å²) < 4.78 is 0. The van der Waals surface area contributed by atoms with Crippen LogP contribution in [0.2, 0.25) is 0 Å². The van der Waals surface area contributed by atoms with E-state index in [0.717, 1.165) is 22.6 Å². The largest absolute Gasteiger partial charge is 0.383 e. The van der Waals surface area contributed by atoms with Crippen LogP contribution in [-0.4, -0.2) is 24.1 Å². The molecule has 0 radical (unpaired) electrons. The number of allylic oxidation sites excluding steroid dienone is 1. The molecule has 0 bridgehead atoms. The summed E-state index contributed by atoms with van der Waals surface area (Å²) >= 11 is 0. The van der Waals surface area contributed by atoms with E-state index >= 15 is 0 Å². The quantitative estimate of drug-likeness (QED) is 0.0791. The fourth-order valence-electron chi connectivity index (χ4n) is 3.74. The van der Waals surface area contributed by atoms with Gasteiger partial charge >= 0.3 is 0 Å². The predicted octanol–water partition coefficient (Wildman–Crippen LogP) is 4.21. The Bertz CT molecular complexity index is 1500. The summed E-state index contributed by atoms with van der Waals surface area (Å²) in [5.74, 6) is -0.858. The van der Waals surface area contributed by atoms with Crippen molar-refractivity contribution in [2.75, 3.05) is 0 Å². The maximum absolute atomic E-state index is 12.7. The van der Waals surface area contributed by atoms with Crippen molar-refractivity contribution in [1.29, 1.82) is 0 Å². The van der Waals surface area contributed by atoms with E-state index in [9.17, 15) is 19.2 Å². The fraction of sp³-hybridized carbons (Fsp3) is 0.118. The van der Waals surface area contributed by atoms with E-state index in [4.69, 9.17) is 5.73 Å². The number of hydrogen-bond donors (Lipinski definition) is 3. The van der Waals surface area contributed by atoms with Gasteiger partial charge in [-0.15, -0.1) is 24.9 Å². The molecule has 44 heavy (non-hydrogen) atoms. The van der Waals surface area contributed by atoms with Crippen LogP contribution in [0.5, 0.6) is 0 Å². The molecule has 0 saturated heterocycles. The van der Waals surface area contributed by atoms with Crippen LogP contribution in [0, 0.1) is 6.08 Å². The molecular formula is C34H36N3O4P2Pd-. The van der Waals surface area contributed by atoms with Crippen LogP contribution in [0.4, 0.5) is 0 Å². The molecule has 0 aromatic heterocycles. The third kappa shape index (κ3) is 14.1. The van der Waals surface area contributed by atoms with E-state index in [2.05, 4.69) is 54.1 Å². The molecule has 0 heterocycles. The standard InChI is InChI=1S/C21H20NOP.C7H8NOP.C6H8NO2.Pd/c23-21(18-13-7-8-14-20(18)24)22-19(17-11-5-2-6-12-17)15-16-9-3-1-4-10-16;8-7(9)5-3-1-2-4-6(5)10;1-2-3-4-6(9)7-5-8;/h1-14,19H,15,24H2,(H,22,23);1-4H,10H2,(H2,8,9);4-5H,2H2,1H3,(H,7,8,9);/q;;-1;. The number of imide groups is 1. The monoisotopic (exact) mass is 718 g/mol. The second-order valence-corrected chi connectivity index (χ2v) is 10.2. The molecule has 0 spiro atoms. The van der Waals surface area contributed by atoms with Gasteiger partial charge in [-0.05, 0) is 40.3 Å². The summed E-state index contributed by atoms with van der Waals surface area (Å²) in [6.45, 7) is 1.85. The summed E-state index contributed by atoms with van der Waals surface area (Å²) in [6.07, 6.45) is 5.62. The molecule has 3 atom stereocenters. The number of carbonyl (C=O) groups excluding carboxylic acids is 4. The van der Waals surface area contributed by atoms with Gasteiger partial charge in [0.1, 0.15) is 0 Å². The zero-order valence-electron chi connectivity index (χ0n) is 24.2. The van der Waals surface area contributed by atoms with Crippen LogP contribution >= 0.6 is 18.5 Å². The van der Waals surface area contributed by atoms with E-state index in [0.29, 0.717) is 24.0 Å². The zero-order valence-corrected chi connectivity index (χ0v) is 28.1. The first-order valence-electron chi connectivity index (χ1n) is 13.5. The van der Waals surface area contributed by atoms with E-state index in [1.165, 1.54) is 11.6 Å². The molecule has 0 saturated carbocycles. The fourth-order valence-corrected chi connectivity index (χ4v) is 4.43. The zero-order chi connectivity index (χ0) is 31.5. The summed E-state index contributed by atoms with van der Waals surface area (Å²) in [5, 5.41) is 6.88. The van der Waals surface area contributed by atoms with Gasteiger partial charge in [0.2, 0.25) is 5.91 Å². The smallest absolute Gasteiger partial charge is 0.252 e. The van der Waals surface area contributed by atoms with Gasteiger partial charge in [0.25, 0.3) is 5.91 Å². The van der Waals surface area contributed by atoms with E-state index in [1.54, 1.807) is 12.1 Å². The second-order valence-electron chi connectivity index (χ2n) is 8.99. The Hall–Kier alpha value is -3.78. The normalized spacial score (nSPS) is 10.4. The Morgan fingerprint density at radius 2 is 1.30 bits per heavy atom. The third-order valence-corrected chi connectivity index (χ3v) is 6.87. The first-order chi connectivity index (χ1) is 20.8. The second kappa shape index (κ2) is 21.8. The number of carbonyl (C=O) groups is 4. The van der Waals surface area contributed by atoms with Gasteiger partial charge in [0, 0.05) is 31.5 Å². The third-order valence-electron chi connectivity index (χ3n) is 5.86. The van der Waals surface area contributed by atoms with Gasteiger partial charge in [-0.25, -0.2) is 0 Å². The van der Waals surface area contributed by atoms with Gasteiger partial charge in [-0.1, -0.05) is 104 Å². The number of rotatable bonds is 9. The van der Waals surface area contributed by atoms with Crippen molar-refractivity contribution in [2.45, 2.75) is 25.8 Å². The average Bonchev–Trinajstić information content (AvgIpc) is 3.02. The summed E-state index contributed by atoms with van der Waals surface area (Å²) in [4.78, 5) is 43.3. The Kier molecular flexibility index (Phi) is 19.0. The van der Waals surface area contributed by atoms with Crippen molar-refractivity contribution in [3.8, 4) is 0 Å². The minimum Gasteiger partial charge on any atom is -0.383 e. The number of amides is 4. The van der Waals surface area contributed by atoms with Gasteiger partial charge in [0.15, 0.2) is 6.41 Å². The molecule has 0 fully saturated rings. The maximum atomic E-state index is 12.7. The van der Waals surface area contributed by atoms with Crippen LogP contribution in [0.25, 0.3) is 0 Å². The van der Waals surface area contributed by atoms with Crippen molar-refractivity contribution < 1.29 is 39.6 Å². The van der Waals surface area contributed by atoms with Crippen molar-refractivity contribution in [3.05, 3.63) is 144 Å². The number of primary amides is 1. The van der Waals surface area contributed by atoms with Crippen LogP contribution in [0.3, 0.4) is 0 Å². The minimum atomic E-state index is -0.424. The maximum Gasteiger partial charge on any atom is 0.252 e. The number of nitrogens with one attached hydrogen (secondary N) is 2. The van der Waals surface area contributed by atoms with Crippen molar-refractivity contribution in [1.82, 2.24) is 10.6 Å². The SMILES string of the molecule is CC[C-]=CC(=O)NC=O.NC(=O)c1ccccc1P.O=C(NC(Cc1ccccc1)c1ccccc1)c1ccccc1P.[Pd]. The number of benzene rings is 4. The first-order valence-corrected chi connectivity index (χ1v) is 14.6. The van der Waals surface area contributed by atoms with E-state index in [-0.39, 0.29) is 38.3 Å². The average molecular weight is 719 g/mol. The molecule has 4 amide bonds. The summed E-state index contributed by atoms with van der Waals surface area (Å²) in [5.41, 5.74) is 8.62. The van der Waals surface area contributed by atoms with Gasteiger partial charge in [-0.3, -0.25) is 20.5 Å². The molecule has 0 aliphatic carbocycles. The Balaban J connectivity index is 0.000000401.